The molecule has 1 aliphatic heterocycles. The Morgan fingerprint density at radius 2 is 1.91 bits per heavy atom. The summed E-state index contributed by atoms with van der Waals surface area (Å²) >= 11 is 0. The number of carbonyl (C=O) groups is 2. The van der Waals surface area contributed by atoms with E-state index in [1.54, 1.807) is 17.2 Å². The Balaban J connectivity index is 1.44. The van der Waals surface area contributed by atoms with Crippen LogP contribution in [0.3, 0.4) is 0 Å². The first-order valence-electron chi connectivity index (χ1n) is 12.8. The van der Waals surface area contributed by atoms with Crippen molar-refractivity contribution in [2.45, 2.75) is 77.5 Å². The number of aromatic nitrogens is 1. The van der Waals surface area contributed by atoms with Gasteiger partial charge in [-0.15, -0.1) is 0 Å². The Morgan fingerprint density at radius 3 is 2.63 bits per heavy atom. The molecule has 1 atom stereocenters. The van der Waals surface area contributed by atoms with E-state index in [1.807, 2.05) is 41.8 Å². The van der Waals surface area contributed by atoms with Gasteiger partial charge in [0.2, 0.25) is 5.91 Å². The monoisotopic (exact) mass is 477 g/mol. The first-order valence-corrected chi connectivity index (χ1v) is 12.8. The first-order chi connectivity index (χ1) is 16.9. The van der Waals surface area contributed by atoms with Crippen molar-refractivity contribution < 1.29 is 18.7 Å². The van der Waals surface area contributed by atoms with Gasteiger partial charge in [-0.3, -0.25) is 9.59 Å². The van der Waals surface area contributed by atoms with E-state index in [0.29, 0.717) is 36.9 Å². The number of benzene rings is 1. The maximum Gasteiger partial charge on any atom is 0.271 e. The van der Waals surface area contributed by atoms with Gasteiger partial charge < -0.3 is 23.9 Å². The van der Waals surface area contributed by atoms with Crippen molar-refractivity contribution in [1.82, 2.24) is 14.8 Å². The van der Waals surface area contributed by atoms with Gasteiger partial charge in [-0.25, -0.2) is 0 Å². The van der Waals surface area contributed by atoms with Crippen molar-refractivity contribution in [3.63, 3.8) is 0 Å². The Kier molecular flexibility index (Phi) is 6.34. The molecule has 3 aromatic rings. The predicted octanol–water partition coefficient (Wildman–Crippen LogP) is 5.13. The lowest BCUT2D eigenvalue weighted by atomic mass is 9.86. The number of rotatable bonds is 7. The quantitative estimate of drug-likeness (QED) is 0.512. The fraction of sp³-hybridized carbons (Fsp3) is 0.500. The fourth-order valence-electron chi connectivity index (χ4n) is 5.36. The van der Waals surface area contributed by atoms with Gasteiger partial charge in [0.05, 0.1) is 24.9 Å². The molecule has 7 nitrogen and oxygen atoms in total. The maximum absolute atomic E-state index is 13.8. The number of ether oxygens (including phenoxy) is 1. The lowest BCUT2D eigenvalue weighted by Crippen LogP contribution is -2.64. The van der Waals surface area contributed by atoms with Crippen LogP contribution < -0.4 is 10.1 Å². The van der Waals surface area contributed by atoms with Crippen molar-refractivity contribution >= 4 is 22.9 Å². The molecule has 3 heterocycles. The molecule has 1 aliphatic carbocycles. The summed E-state index contributed by atoms with van der Waals surface area (Å²) in [6.07, 6.45) is 6.77. The second kappa shape index (κ2) is 9.44. The summed E-state index contributed by atoms with van der Waals surface area (Å²) in [4.78, 5) is 29.4. The van der Waals surface area contributed by atoms with E-state index in [0.717, 1.165) is 48.9 Å². The summed E-state index contributed by atoms with van der Waals surface area (Å²) in [6.45, 7) is 7.61. The Labute approximate surface area is 206 Å². The number of carbonyl (C=O) groups excluding carboxylic acids is 2. The minimum atomic E-state index is -1.03. The van der Waals surface area contributed by atoms with Gasteiger partial charge >= 0.3 is 0 Å². The number of fused-ring (bicyclic) bond motifs is 3. The molecule has 0 spiro atoms. The van der Waals surface area contributed by atoms with Crippen molar-refractivity contribution in [2.75, 3.05) is 6.61 Å². The zero-order chi connectivity index (χ0) is 24.6. The summed E-state index contributed by atoms with van der Waals surface area (Å²) in [5.74, 6) is 1.25. The van der Waals surface area contributed by atoms with Crippen molar-refractivity contribution in [2.24, 2.45) is 5.92 Å². The SMILES string of the molecule is CCCOc1ccc(CN2C(=O)c3cc4occc4n3C[C@@]2(C)C(=O)NC2CCC(C)CC2)cc1. The minimum Gasteiger partial charge on any atom is -0.494 e. The second-order valence-electron chi connectivity index (χ2n) is 10.4. The highest BCUT2D eigenvalue weighted by atomic mass is 16.5. The number of furan rings is 1. The molecular weight excluding hydrogens is 442 g/mol. The molecule has 0 saturated heterocycles. The highest BCUT2D eigenvalue weighted by molar-refractivity contribution is 6.02. The third-order valence-electron chi connectivity index (χ3n) is 7.63. The van der Waals surface area contributed by atoms with Crippen molar-refractivity contribution in [3.05, 3.63) is 53.9 Å². The van der Waals surface area contributed by atoms with Crippen molar-refractivity contribution in [3.8, 4) is 5.75 Å². The number of hydrogen-bond acceptors (Lipinski definition) is 4. The Hall–Kier alpha value is -3.22. The molecule has 2 aliphatic rings. The van der Waals surface area contributed by atoms with E-state index in [1.165, 1.54) is 0 Å². The predicted molar refractivity (Wildman–Crippen MR) is 134 cm³/mol. The first kappa shape index (κ1) is 23.5. The molecule has 1 N–H and O–H groups in total. The third kappa shape index (κ3) is 4.44. The van der Waals surface area contributed by atoms with Crippen LogP contribution in [0.25, 0.3) is 11.1 Å². The third-order valence-corrected chi connectivity index (χ3v) is 7.63. The summed E-state index contributed by atoms with van der Waals surface area (Å²) in [6, 6.07) is 11.6. The summed E-state index contributed by atoms with van der Waals surface area (Å²) < 4.78 is 13.2. The summed E-state index contributed by atoms with van der Waals surface area (Å²) in [5, 5.41) is 3.29. The van der Waals surface area contributed by atoms with E-state index >= 15 is 0 Å². The van der Waals surface area contributed by atoms with Crippen LogP contribution in [-0.4, -0.2) is 39.5 Å². The lowest BCUT2D eigenvalue weighted by Gasteiger charge is -2.45. The highest BCUT2D eigenvalue weighted by Gasteiger charge is 2.48. The van der Waals surface area contributed by atoms with Crippen molar-refractivity contribution in [1.29, 1.82) is 0 Å². The molecule has 0 unspecified atom stereocenters. The van der Waals surface area contributed by atoms with Gasteiger partial charge in [0, 0.05) is 24.7 Å². The van der Waals surface area contributed by atoms with E-state index in [4.69, 9.17) is 9.15 Å². The van der Waals surface area contributed by atoms with Crippen LogP contribution in [0.15, 0.2) is 47.1 Å². The Bertz CT molecular complexity index is 1200. The number of hydrogen-bond donors (Lipinski definition) is 1. The van der Waals surface area contributed by atoms with Gasteiger partial charge in [-0.1, -0.05) is 26.0 Å². The van der Waals surface area contributed by atoms with Gasteiger partial charge in [0.15, 0.2) is 5.58 Å². The van der Waals surface area contributed by atoms with Gasteiger partial charge in [0.25, 0.3) is 5.91 Å². The van der Waals surface area contributed by atoms with E-state index in [9.17, 15) is 9.59 Å². The molecule has 35 heavy (non-hydrogen) atoms. The maximum atomic E-state index is 13.8. The van der Waals surface area contributed by atoms with Crippen LogP contribution >= 0.6 is 0 Å². The van der Waals surface area contributed by atoms with Crippen LogP contribution in [0.4, 0.5) is 0 Å². The number of nitrogens with one attached hydrogen (secondary N) is 1. The molecule has 0 bridgehead atoms. The molecule has 186 valence electrons. The molecule has 2 aromatic heterocycles. The van der Waals surface area contributed by atoms with Crippen LogP contribution in [0, 0.1) is 5.92 Å². The lowest BCUT2D eigenvalue weighted by molar-refractivity contribution is -0.134. The largest absolute Gasteiger partial charge is 0.494 e. The summed E-state index contributed by atoms with van der Waals surface area (Å²) in [5.41, 5.74) is 1.98. The van der Waals surface area contributed by atoms with E-state index in [-0.39, 0.29) is 17.9 Å². The van der Waals surface area contributed by atoms with Crippen LogP contribution in [0.1, 0.15) is 68.9 Å². The Morgan fingerprint density at radius 1 is 1.17 bits per heavy atom. The second-order valence-corrected chi connectivity index (χ2v) is 10.4. The van der Waals surface area contributed by atoms with Crippen LogP contribution in [0.5, 0.6) is 5.75 Å². The average molecular weight is 478 g/mol. The normalized spacial score (nSPS) is 24.4. The molecule has 1 saturated carbocycles. The minimum absolute atomic E-state index is 0.0932. The molecule has 1 fully saturated rings. The van der Waals surface area contributed by atoms with Gasteiger partial charge in [0.1, 0.15) is 17.0 Å². The molecule has 1 aromatic carbocycles. The van der Waals surface area contributed by atoms with Gasteiger partial charge in [-0.2, -0.15) is 0 Å². The highest BCUT2D eigenvalue weighted by Crippen LogP contribution is 2.34. The zero-order valence-electron chi connectivity index (χ0n) is 20.9. The molecule has 7 heteroatoms. The topological polar surface area (TPSA) is 76.7 Å². The summed E-state index contributed by atoms with van der Waals surface area (Å²) in [7, 11) is 0. The molecule has 5 rings (SSSR count). The standard InChI is InChI=1S/C28H35N3O4/c1-4-14-34-22-11-7-20(8-12-22)17-31-26(32)24-16-25-23(13-15-35-25)30(24)18-28(31,3)27(33)29-21-9-5-19(2)6-10-21/h7-8,11-13,15-16,19,21H,4-6,9-10,14,17-18H2,1-3H3,(H,29,33)/t19?,21?,28-/m0/s1. The van der Waals surface area contributed by atoms with E-state index in [2.05, 4.69) is 19.2 Å². The number of nitrogens with zero attached hydrogens (tertiary/aromatic N) is 2. The zero-order valence-corrected chi connectivity index (χ0v) is 20.9. The van der Waals surface area contributed by atoms with Crippen LogP contribution in [0.2, 0.25) is 0 Å². The number of amides is 2. The molecular formula is C28H35N3O4. The molecule has 0 radical (unpaired) electrons. The average Bonchev–Trinajstić information content (AvgIpc) is 3.45. The van der Waals surface area contributed by atoms with Crippen LogP contribution in [-0.2, 0) is 17.9 Å². The smallest absolute Gasteiger partial charge is 0.271 e. The van der Waals surface area contributed by atoms with Gasteiger partial charge in [-0.05, 0) is 62.6 Å². The molecule has 2 amide bonds. The van der Waals surface area contributed by atoms with E-state index < -0.39 is 5.54 Å². The fourth-order valence-corrected chi connectivity index (χ4v) is 5.36.